The number of esters is 5. The van der Waals surface area contributed by atoms with Gasteiger partial charge in [0.15, 0.2) is 11.7 Å². The van der Waals surface area contributed by atoms with Gasteiger partial charge in [0.1, 0.15) is 24.4 Å². The Kier molecular flexibility index (Phi) is 11.6. The molecule has 46 heavy (non-hydrogen) atoms. The molecule has 0 radical (unpaired) electrons. The van der Waals surface area contributed by atoms with Crippen LogP contribution in [0.5, 0.6) is 0 Å². The van der Waals surface area contributed by atoms with Crippen LogP contribution < -0.4 is 0 Å². The molecule has 1 aromatic carbocycles. The summed E-state index contributed by atoms with van der Waals surface area (Å²) in [7, 11) is 0. The van der Waals surface area contributed by atoms with Gasteiger partial charge in [-0.1, -0.05) is 64.1 Å². The minimum absolute atomic E-state index is 0.143. The number of benzene rings is 1. The van der Waals surface area contributed by atoms with Gasteiger partial charge in [-0.05, 0) is 37.0 Å². The molecule has 2 aliphatic carbocycles. The minimum Gasteiger partial charge on any atom is -0.459 e. The molecule has 1 fully saturated rings. The van der Waals surface area contributed by atoms with Crippen molar-refractivity contribution in [2.45, 2.75) is 105 Å². The fourth-order valence-corrected chi connectivity index (χ4v) is 6.73. The van der Waals surface area contributed by atoms with Crippen LogP contribution >= 0.6 is 0 Å². The molecule has 11 heteroatoms. The Hall–Kier alpha value is -3.99. The van der Waals surface area contributed by atoms with E-state index in [4.69, 9.17) is 23.7 Å². The number of aliphatic hydroxyl groups excluding tert-OH is 1. The van der Waals surface area contributed by atoms with E-state index in [2.05, 4.69) is 0 Å². The highest BCUT2D eigenvalue weighted by molar-refractivity contribution is 5.89. The van der Waals surface area contributed by atoms with Crippen molar-refractivity contribution in [1.29, 1.82) is 0 Å². The molecule has 1 saturated carbocycles. The number of fused-ring (bicyclic) bond motifs is 1. The predicted octanol–water partition coefficient (Wildman–Crippen LogP) is 4.50. The summed E-state index contributed by atoms with van der Waals surface area (Å²) in [4.78, 5) is 63.5. The molecule has 1 aromatic rings. The highest BCUT2D eigenvalue weighted by atomic mass is 16.6. The first-order valence-electron chi connectivity index (χ1n) is 15.4. The maximum absolute atomic E-state index is 13.4. The summed E-state index contributed by atoms with van der Waals surface area (Å²) in [5, 5.41) is 11.7. The van der Waals surface area contributed by atoms with Gasteiger partial charge in [-0.15, -0.1) is 0 Å². The minimum atomic E-state index is -1.55. The summed E-state index contributed by atoms with van der Waals surface area (Å²) >= 11 is 0. The van der Waals surface area contributed by atoms with E-state index in [0.29, 0.717) is 11.1 Å². The van der Waals surface area contributed by atoms with Crippen LogP contribution in [-0.2, 0) is 42.9 Å². The lowest BCUT2D eigenvalue weighted by Gasteiger charge is -2.44. The summed E-state index contributed by atoms with van der Waals surface area (Å²) in [6.07, 6.45) is -0.769. The lowest BCUT2D eigenvalue weighted by atomic mass is 9.74. The second-order valence-electron chi connectivity index (χ2n) is 13.0. The molecule has 0 spiro atoms. The van der Waals surface area contributed by atoms with E-state index in [1.54, 1.807) is 76.3 Å². The van der Waals surface area contributed by atoms with E-state index in [9.17, 15) is 29.1 Å². The molecule has 1 unspecified atom stereocenters. The molecule has 0 amide bonds. The van der Waals surface area contributed by atoms with E-state index in [-0.39, 0.29) is 6.42 Å². The lowest BCUT2D eigenvalue weighted by molar-refractivity contribution is -0.195. The summed E-state index contributed by atoms with van der Waals surface area (Å²) in [5.74, 6) is -5.18. The fraction of sp³-hybridized carbons (Fsp3) is 0.571. The van der Waals surface area contributed by atoms with E-state index in [0.717, 1.165) is 0 Å². The Morgan fingerprint density at radius 3 is 1.91 bits per heavy atom. The predicted molar refractivity (Wildman–Crippen MR) is 166 cm³/mol. The number of ether oxygens (including phenoxy) is 5. The Bertz CT molecular complexity index is 1360. The van der Waals surface area contributed by atoms with Crippen molar-refractivity contribution in [3.05, 3.63) is 59.7 Å². The molecular formula is C35H46O11. The number of carbonyl (C=O) groups is 5. The van der Waals surface area contributed by atoms with Crippen molar-refractivity contribution in [1.82, 2.24) is 0 Å². The van der Waals surface area contributed by atoms with Crippen LogP contribution in [0.2, 0.25) is 0 Å². The van der Waals surface area contributed by atoms with E-state index >= 15 is 0 Å². The largest absolute Gasteiger partial charge is 0.459 e. The first-order chi connectivity index (χ1) is 21.4. The van der Waals surface area contributed by atoms with Crippen LogP contribution in [0.3, 0.4) is 0 Å². The molecule has 3 rings (SSSR count). The average Bonchev–Trinajstić information content (AvgIpc) is 3.20. The Morgan fingerprint density at radius 2 is 1.37 bits per heavy atom. The Morgan fingerprint density at radius 1 is 0.804 bits per heavy atom. The number of hydrogen-bond donors (Lipinski definition) is 1. The molecule has 2 aliphatic rings. The zero-order valence-electron chi connectivity index (χ0n) is 28.0. The van der Waals surface area contributed by atoms with Crippen molar-refractivity contribution >= 4 is 29.8 Å². The van der Waals surface area contributed by atoms with E-state index in [1.165, 1.54) is 27.7 Å². The van der Waals surface area contributed by atoms with Crippen LogP contribution in [-0.4, -0.2) is 71.1 Å². The normalized spacial score (nSPS) is 34.2. The van der Waals surface area contributed by atoms with Gasteiger partial charge in [0, 0.05) is 39.0 Å². The molecule has 0 heterocycles. The summed E-state index contributed by atoms with van der Waals surface area (Å²) in [6.45, 7) is 13.6. The Labute approximate surface area is 270 Å². The van der Waals surface area contributed by atoms with Crippen LogP contribution in [0.4, 0.5) is 0 Å². The van der Waals surface area contributed by atoms with Gasteiger partial charge in [0.2, 0.25) is 0 Å². The van der Waals surface area contributed by atoms with Crippen LogP contribution in [0.15, 0.2) is 54.1 Å². The quantitative estimate of drug-likeness (QED) is 0.265. The van der Waals surface area contributed by atoms with Gasteiger partial charge in [0.05, 0.1) is 11.5 Å². The summed E-state index contributed by atoms with van der Waals surface area (Å²) in [6, 6.07) is 8.40. The number of carbonyl (C=O) groups excluding carboxylic acids is 5. The molecule has 0 aliphatic heterocycles. The summed E-state index contributed by atoms with van der Waals surface area (Å²) in [5.41, 5.74) is -1.96. The van der Waals surface area contributed by atoms with Crippen molar-refractivity contribution in [2.24, 2.45) is 23.2 Å². The standard InChI is InChI=1S/C35H46O11/c1-19-15-16-34(8,9)32(44-24(6)38)28(40)30(42-22(4)36)20(2)17-27-29(45-33(41)26-13-11-10-12-14-26)21(3)18-35(27,46-25(7)39)31(19)43-23(5)37/h10-17,19,21,27-32,40H,18H2,1-9H3/b16-15+,20-17+/t19-,21+,27?,28-,29-,30-,31+,32+,35+/m0/s1. The Balaban J connectivity index is 2.36. The monoisotopic (exact) mass is 642 g/mol. The third-order valence-corrected chi connectivity index (χ3v) is 8.62. The van der Waals surface area contributed by atoms with Crippen LogP contribution in [0, 0.1) is 23.2 Å². The van der Waals surface area contributed by atoms with Gasteiger partial charge in [-0.25, -0.2) is 4.79 Å². The second kappa shape index (κ2) is 14.6. The van der Waals surface area contributed by atoms with Crippen molar-refractivity contribution < 1.29 is 52.8 Å². The smallest absolute Gasteiger partial charge is 0.338 e. The number of rotatable bonds is 6. The number of aliphatic hydroxyl groups is 1. The maximum Gasteiger partial charge on any atom is 0.338 e. The first-order valence-corrected chi connectivity index (χ1v) is 15.4. The van der Waals surface area contributed by atoms with Gasteiger partial charge in [0.25, 0.3) is 0 Å². The third-order valence-electron chi connectivity index (χ3n) is 8.62. The highest BCUT2D eigenvalue weighted by Crippen LogP contribution is 2.51. The lowest BCUT2D eigenvalue weighted by Crippen LogP contribution is -2.55. The summed E-state index contributed by atoms with van der Waals surface area (Å²) < 4.78 is 29.5. The van der Waals surface area contributed by atoms with Crippen LogP contribution in [0.25, 0.3) is 0 Å². The maximum atomic E-state index is 13.4. The van der Waals surface area contributed by atoms with E-state index in [1.807, 2.05) is 6.92 Å². The topological polar surface area (TPSA) is 152 Å². The van der Waals surface area contributed by atoms with Gasteiger partial charge < -0.3 is 28.8 Å². The van der Waals surface area contributed by atoms with E-state index < -0.39 is 89.1 Å². The fourth-order valence-electron chi connectivity index (χ4n) is 6.73. The molecule has 1 N–H and O–H groups in total. The van der Waals surface area contributed by atoms with Crippen LogP contribution in [0.1, 0.15) is 79.1 Å². The SMILES string of the molecule is CC(=O)O[C@@H]1[C@@H](O)[C@@H](OC(C)=O)/C(C)=C/C2[C@@H](OC(=O)c3ccccc3)[C@H](C)C[C@]2(OC(C)=O)[C@H](OC(C)=O)[C@@H](C)/C=C/C1(C)C. The third kappa shape index (κ3) is 8.23. The van der Waals surface area contributed by atoms with Crippen molar-refractivity contribution in [2.75, 3.05) is 0 Å². The zero-order chi connectivity index (χ0) is 34.6. The molecule has 11 nitrogen and oxygen atoms in total. The van der Waals surface area contributed by atoms with Crippen molar-refractivity contribution in [3.8, 4) is 0 Å². The molecule has 0 bridgehead atoms. The van der Waals surface area contributed by atoms with Gasteiger partial charge >= 0.3 is 29.8 Å². The average molecular weight is 643 g/mol. The molecule has 0 aromatic heterocycles. The van der Waals surface area contributed by atoms with Gasteiger partial charge in [-0.2, -0.15) is 0 Å². The zero-order valence-corrected chi connectivity index (χ0v) is 28.0. The number of hydrogen-bond acceptors (Lipinski definition) is 11. The molecule has 252 valence electrons. The van der Waals surface area contributed by atoms with Crippen molar-refractivity contribution in [3.63, 3.8) is 0 Å². The highest BCUT2D eigenvalue weighted by Gasteiger charge is 2.62. The van der Waals surface area contributed by atoms with Gasteiger partial charge in [-0.3, -0.25) is 19.2 Å². The molecule has 9 atom stereocenters. The molecule has 0 saturated heterocycles. The molecular weight excluding hydrogens is 596 g/mol. The first kappa shape index (κ1) is 36.5. The second-order valence-corrected chi connectivity index (χ2v) is 13.0.